The highest BCUT2D eigenvalue weighted by Crippen LogP contribution is 2.28. The van der Waals surface area contributed by atoms with Crippen molar-refractivity contribution in [2.75, 3.05) is 6.61 Å². The fraction of sp³-hybridized carbons (Fsp3) is 0.333. The number of nitrogens with one attached hydrogen (secondary N) is 1. The standard InChI is InChI=1S/C18H23NO3S/c1-4-10-22-17-11-14(2)15(3)12-18(17)23(20,21)19-13-16-8-6-5-7-9-16/h5-9,11-12,19H,4,10,13H2,1-3H3. The van der Waals surface area contributed by atoms with Crippen molar-refractivity contribution in [1.29, 1.82) is 0 Å². The number of aryl methyl sites for hydroxylation is 2. The second-order valence-electron chi connectivity index (χ2n) is 5.54. The molecule has 0 radical (unpaired) electrons. The molecule has 2 aromatic carbocycles. The van der Waals surface area contributed by atoms with Gasteiger partial charge in [0, 0.05) is 6.54 Å². The summed E-state index contributed by atoms with van der Waals surface area (Å²) in [7, 11) is -3.63. The molecule has 5 heteroatoms. The van der Waals surface area contributed by atoms with Gasteiger partial charge in [-0.1, -0.05) is 37.3 Å². The van der Waals surface area contributed by atoms with Gasteiger partial charge < -0.3 is 4.74 Å². The molecule has 0 aliphatic carbocycles. The second-order valence-corrected chi connectivity index (χ2v) is 7.28. The molecule has 23 heavy (non-hydrogen) atoms. The van der Waals surface area contributed by atoms with Crippen molar-refractivity contribution in [1.82, 2.24) is 4.72 Å². The molecule has 4 nitrogen and oxygen atoms in total. The van der Waals surface area contributed by atoms with Gasteiger partial charge in [0.2, 0.25) is 10.0 Å². The summed E-state index contributed by atoms with van der Waals surface area (Å²) < 4.78 is 33.6. The number of hydrogen-bond acceptors (Lipinski definition) is 3. The molecule has 2 aromatic rings. The maximum atomic E-state index is 12.7. The highest BCUT2D eigenvalue weighted by molar-refractivity contribution is 7.89. The number of ether oxygens (including phenoxy) is 1. The van der Waals surface area contributed by atoms with Crippen LogP contribution in [0, 0.1) is 13.8 Å². The Morgan fingerprint density at radius 1 is 1.04 bits per heavy atom. The van der Waals surface area contributed by atoms with Gasteiger partial charge in [-0.3, -0.25) is 0 Å². The lowest BCUT2D eigenvalue weighted by Gasteiger charge is -2.15. The van der Waals surface area contributed by atoms with E-state index in [4.69, 9.17) is 4.74 Å². The van der Waals surface area contributed by atoms with Crippen LogP contribution < -0.4 is 9.46 Å². The van der Waals surface area contributed by atoms with Crippen LogP contribution in [0.25, 0.3) is 0 Å². The predicted octanol–water partition coefficient (Wildman–Crippen LogP) is 3.57. The molecule has 0 atom stereocenters. The normalized spacial score (nSPS) is 11.4. The average molecular weight is 333 g/mol. The molecule has 1 N–H and O–H groups in total. The molecule has 0 aromatic heterocycles. The second kappa shape index (κ2) is 7.62. The Morgan fingerprint density at radius 3 is 2.35 bits per heavy atom. The van der Waals surface area contributed by atoms with Gasteiger partial charge in [-0.25, -0.2) is 13.1 Å². The first kappa shape index (κ1) is 17.5. The summed E-state index contributed by atoms with van der Waals surface area (Å²) in [5, 5.41) is 0. The molecular formula is C18H23NO3S. The van der Waals surface area contributed by atoms with Crippen LogP contribution in [0.4, 0.5) is 0 Å². The van der Waals surface area contributed by atoms with Crippen LogP contribution in [-0.4, -0.2) is 15.0 Å². The number of sulfonamides is 1. The maximum absolute atomic E-state index is 12.7. The molecule has 0 bridgehead atoms. The minimum atomic E-state index is -3.63. The van der Waals surface area contributed by atoms with E-state index in [1.54, 1.807) is 12.1 Å². The maximum Gasteiger partial charge on any atom is 0.244 e. The Morgan fingerprint density at radius 2 is 1.70 bits per heavy atom. The summed E-state index contributed by atoms with van der Waals surface area (Å²) in [6.45, 7) is 6.58. The van der Waals surface area contributed by atoms with Crippen LogP contribution in [0.3, 0.4) is 0 Å². The van der Waals surface area contributed by atoms with E-state index in [9.17, 15) is 8.42 Å². The summed E-state index contributed by atoms with van der Waals surface area (Å²) in [5.74, 6) is 0.413. The van der Waals surface area contributed by atoms with E-state index in [0.29, 0.717) is 12.4 Å². The van der Waals surface area contributed by atoms with Crippen molar-refractivity contribution >= 4 is 10.0 Å². The lowest BCUT2D eigenvalue weighted by atomic mass is 10.1. The Hall–Kier alpha value is -1.85. The molecule has 0 aliphatic rings. The van der Waals surface area contributed by atoms with Gasteiger partial charge in [0.25, 0.3) is 0 Å². The van der Waals surface area contributed by atoms with Gasteiger partial charge in [0.15, 0.2) is 0 Å². The number of rotatable bonds is 7. The van der Waals surface area contributed by atoms with Crippen LogP contribution in [0.1, 0.15) is 30.0 Å². The van der Waals surface area contributed by atoms with Crippen molar-refractivity contribution in [3.05, 3.63) is 59.2 Å². The van der Waals surface area contributed by atoms with E-state index in [1.807, 2.05) is 51.1 Å². The molecule has 124 valence electrons. The van der Waals surface area contributed by atoms with Crippen LogP contribution in [0.2, 0.25) is 0 Å². The summed E-state index contributed by atoms with van der Waals surface area (Å²) >= 11 is 0. The molecule has 2 rings (SSSR count). The van der Waals surface area contributed by atoms with Gasteiger partial charge in [-0.05, 0) is 49.1 Å². The van der Waals surface area contributed by atoms with Gasteiger partial charge in [0.1, 0.15) is 10.6 Å². The fourth-order valence-electron chi connectivity index (χ4n) is 2.15. The van der Waals surface area contributed by atoms with Crippen molar-refractivity contribution in [3.63, 3.8) is 0 Å². The van der Waals surface area contributed by atoms with E-state index >= 15 is 0 Å². The lowest BCUT2D eigenvalue weighted by Crippen LogP contribution is -2.24. The molecule has 0 saturated heterocycles. The van der Waals surface area contributed by atoms with Gasteiger partial charge in [-0.2, -0.15) is 0 Å². The summed E-state index contributed by atoms with van der Waals surface area (Å²) in [6, 6.07) is 12.9. The zero-order valence-corrected chi connectivity index (χ0v) is 14.6. The van der Waals surface area contributed by atoms with Crippen molar-refractivity contribution in [2.45, 2.75) is 38.6 Å². The zero-order chi connectivity index (χ0) is 16.9. The lowest BCUT2D eigenvalue weighted by molar-refractivity contribution is 0.309. The molecule has 0 saturated carbocycles. The first-order valence-corrected chi connectivity index (χ1v) is 9.20. The third-order valence-electron chi connectivity index (χ3n) is 3.62. The van der Waals surface area contributed by atoms with E-state index in [0.717, 1.165) is 23.1 Å². The van der Waals surface area contributed by atoms with Crippen molar-refractivity contribution in [3.8, 4) is 5.75 Å². The first-order valence-electron chi connectivity index (χ1n) is 7.71. The van der Waals surface area contributed by atoms with Gasteiger partial charge in [-0.15, -0.1) is 0 Å². The molecule has 0 heterocycles. The highest BCUT2D eigenvalue weighted by Gasteiger charge is 2.20. The average Bonchev–Trinajstić information content (AvgIpc) is 2.54. The van der Waals surface area contributed by atoms with Crippen molar-refractivity contribution < 1.29 is 13.2 Å². The van der Waals surface area contributed by atoms with Gasteiger partial charge in [0.05, 0.1) is 6.61 Å². The minimum Gasteiger partial charge on any atom is -0.492 e. The van der Waals surface area contributed by atoms with Crippen LogP contribution in [0.15, 0.2) is 47.4 Å². The third kappa shape index (κ3) is 4.56. The predicted molar refractivity (Wildman–Crippen MR) is 92.2 cm³/mol. The highest BCUT2D eigenvalue weighted by atomic mass is 32.2. The first-order chi connectivity index (χ1) is 10.9. The van der Waals surface area contributed by atoms with E-state index in [-0.39, 0.29) is 11.4 Å². The Balaban J connectivity index is 2.28. The monoisotopic (exact) mass is 333 g/mol. The largest absolute Gasteiger partial charge is 0.492 e. The van der Waals surface area contributed by atoms with E-state index in [1.165, 1.54) is 0 Å². The Bertz CT molecular complexity index is 755. The van der Waals surface area contributed by atoms with Crippen molar-refractivity contribution in [2.24, 2.45) is 0 Å². The van der Waals surface area contributed by atoms with E-state index < -0.39 is 10.0 Å². The number of benzene rings is 2. The van der Waals surface area contributed by atoms with Gasteiger partial charge >= 0.3 is 0 Å². The number of hydrogen-bond donors (Lipinski definition) is 1. The fourth-order valence-corrected chi connectivity index (χ4v) is 3.38. The zero-order valence-electron chi connectivity index (χ0n) is 13.8. The van der Waals surface area contributed by atoms with E-state index in [2.05, 4.69) is 4.72 Å². The quantitative estimate of drug-likeness (QED) is 0.843. The molecule has 0 spiro atoms. The summed E-state index contributed by atoms with van der Waals surface area (Å²) in [4.78, 5) is 0.199. The molecule has 0 unspecified atom stereocenters. The summed E-state index contributed by atoms with van der Waals surface area (Å²) in [6.07, 6.45) is 0.823. The SMILES string of the molecule is CCCOc1cc(C)c(C)cc1S(=O)(=O)NCc1ccccc1. The smallest absolute Gasteiger partial charge is 0.244 e. The van der Waals surface area contributed by atoms with Crippen LogP contribution in [-0.2, 0) is 16.6 Å². The van der Waals surface area contributed by atoms with Crippen LogP contribution in [0.5, 0.6) is 5.75 Å². The molecule has 0 amide bonds. The summed E-state index contributed by atoms with van der Waals surface area (Å²) in [5.41, 5.74) is 2.85. The third-order valence-corrected chi connectivity index (χ3v) is 5.04. The molecular weight excluding hydrogens is 310 g/mol. The Labute approximate surface area is 138 Å². The minimum absolute atomic E-state index is 0.199. The van der Waals surface area contributed by atoms with Crippen LogP contribution >= 0.6 is 0 Å². The topological polar surface area (TPSA) is 55.4 Å². The Kier molecular flexibility index (Phi) is 5.80. The molecule has 0 aliphatic heterocycles. The molecule has 0 fully saturated rings.